The van der Waals surface area contributed by atoms with E-state index in [0.717, 1.165) is 0 Å². The Labute approximate surface area is 52.1 Å². The van der Waals surface area contributed by atoms with E-state index in [1.807, 2.05) is 0 Å². The summed E-state index contributed by atoms with van der Waals surface area (Å²) in [7, 11) is -10.7. The molecule has 0 heterocycles. The fourth-order valence-electron chi connectivity index (χ4n) is 0. The zero-order chi connectivity index (χ0) is 8.41. The number of hydrogen-bond donors (Lipinski definition) is 0. The van der Waals surface area contributed by atoms with E-state index in [0.29, 0.717) is 0 Å². The zero-order valence-corrected chi connectivity index (χ0v) is 5.66. The monoisotopic (exact) mass is 192 g/mol. The van der Waals surface area contributed by atoms with Crippen LogP contribution in [0.1, 0.15) is 0 Å². The van der Waals surface area contributed by atoms with Crippen LogP contribution < -0.4 is 0 Å². The predicted octanol–water partition coefficient (Wildman–Crippen LogP) is 3.08. The van der Waals surface area contributed by atoms with Crippen LogP contribution in [-0.4, -0.2) is 5.87 Å². The molecule has 0 bridgehead atoms. The molecule has 0 saturated heterocycles. The van der Waals surface area contributed by atoms with Crippen molar-refractivity contribution in [1.29, 1.82) is 0 Å². The molecule has 0 spiro atoms. The Hall–Kier alpha value is 0.1000. The topological polar surface area (TPSA) is 0 Å². The Morgan fingerprint density at radius 3 is 0.778 bits per heavy atom. The van der Waals surface area contributed by atoms with Crippen molar-refractivity contribution in [3.05, 3.63) is 0 Å². The summed E-state index contributed by atoms with van der Waals surface area (Å²) in [5, 5.41) is 0. The molecule has 0 unspecified atom stereocenters. The first-order valence-corrected chi connectivity index (χ1v) is 3.99. The molecule has 0 rings (SSSR count). The van der Waals surface area contributed by atoms with Crippen LogP contribution in [-0.2, 0) is 12.2 Å². The Morgan fingerprint density at radius 1 is 0.778 bits per heavy atom. The van der Waals surface area contributed by atoms with Gasteiger partial charge in [0.15, 0.2) is 5.87 Å². The van der Waals surface area contributed by atoms with E-state index in [1.165, 1.54) is 0 Å². The molecule has 0 saturated carbocycles. The SMILES string of the molecule is C=[SH+].F[P-](F)(F)(F)(F)F. The molecular formula is CH3F6PS. The van der Waals surface area contributed by atoms with Gasteiger partial charge in [0.05, 0.1) is 0 Å². The normalized spacial score (nSPS) is 18.4. The molecule has 0 nitrogen and oxygen atoms in total. The molecule has 0 aliphatic heterocycles. The summed E-state index contributed by atoms with van der Waals surface area (Å²) < 4.78 is 59.2. The van der Waals surface area contributed by atoms with Crippen molar-refractivity contribution in [3.63, 3.8) is 0 Å². The average Bonchev–Trinajstić information content (AvgIpc) is 1.30. The quantitative estimate of drug-likeness (QED) is 0.182. The Morgan fingerprint density at radius 2 is 0.778 bits per heavy atom. The van der Waals surface area contributed by atoms with Crippen LogP contribution in [0.2, 0.25) is 0 Å². The number of rotatable bonds is 0. The standard InChI is InChI=1S/CH2S.F6P/c1-2;1-7(2,3,4,5)6/h1H2;/q;-1/p+1. The summed E-state index contributed by atoms with van der Waals surface area (Å²) in [6.07, 6.45) is 0. The molecule has 0 atom stereocenters. The molecule has 0 N–H and O–H groups in total. The Balaban J connectivity index is 0. The van der Waals surface area contributed by atoms with Gasteiger partial charge in [0.25, 0.3) is 0 Å². The van der Waals surface area contributed by atoms with Crippen molar-refractivity contribution in [2.45, 2.75) is 0 Å². The van der Waals surface area contributed by atoms with E-state index < -0.39 is 7.81 Å². The first-order chi connectivity index (χ1) is 3.45. The predicted molar refractivity (Wildman–Crippen MR) is 29.4 cm³/mol. The van der Waals surface area contributed by atoms with Crippen LogP contribution in [0, 0.1) is 0 Å². The van der Waals surface area contributed by atoms with Gasteiger partial charge in [-0.05, 0) is 0 Å². The van der Waals surface area contributed by atoms with Crippen LogP contribution in [0.5, 0.6) is 0 Å². The zero-order valence-electron chi connectivity index (χ0n) is 3.87. The van der Waals surface area contributed by atoms with E-state index in [9.17, 15) is 25.2 Å². The van der Waals surface area contributed by atoms with E-state index in [-0.39, 0.29) is 0 Å². The molecule has 0 amide bonds. The molecule has 0 aliphatic carbocycles. The number of hydrogen-bond acceptors (Lipinski definition) is 0. The average molecular weight is 192 g/mol. The van der Waals surface area contributed by atoms with E-state index in [2.05, 4.69) is 18.1 Å². The van der Waals surface area contributed by atoms with Crippen LogP contribution in [0.3, 0.4) is 0 Å². The van der Waals surface area contributed by atoms with Gasteiger partial charge in [-0.1, -0.05) is 0 Å². The summed E-state index contributed by atoms with van der Waals surface area (Å²) in [6, 6.07) is 0. The summed E-state index contributed by atoms with van der Waals surface area (Å²) >= 11 is 3.28. The van der Waals surface area contributed by atoms with Gasteiger partial charge in [-0.2, -0.15) is 0 Å². The van der Waals surface area contributed by atoms with E-state index in [4.69, 9.17) is 0 Å². The summed E-state index contributed by atoms with van der Waals surface area (Å²) in [5.74, 6) is 2.94. The number of thiol groups is 1. The van der Waals surface area contributed by atoms with Gasteiger partial charge < -0.3 is 0 Å². The minimum absolute atomic E-state index is 2.94. The third-order valence-electron chi connectivity index (χ3n) is 0. The van der Waals surface area contributed by atoms with Gasteiger partial charge in [0.2, 0.25) is 0 Å². The summed E-state index contributed by atoms with van der Waals surface area (Å²) in [5.41, 5.74) is 0. The van der Waals surface area contributed by atoms with Crippen molar-refractivity contribution < 1.29 is 25.2 Å². The van der Waals surface area contributed by atoms with Crippen LogP contribution >= 0.6 is 7.81 Å². The molecule has 0 aliphatic rings. The maximum atomic E-state index is 9.87. The first-order valence-electron chi connectivity index (χ1n) is 1.33. The molecule has 9 heavy (non-hydrogen) atoms. The van der Waals surface area contributed by atoms with Crippen LogP contribution in [0.15, 0.2) is 0 Å². The fraction of sp³-hybridized carbons (Fsp3) is 0. The second-order valence-electron chi connectivity index (χ2n) is 0.958. The molecule has 0 radical (unpaired) electrons. The van der Waals surface area contributed by atoms with Crippen molar-refractivity contribution >= 4 is 25.9 Å². The van der Waals surface area contributed by atoms with Crippen LogP contribution in [0.25, 0.3) is 0 Å². The third-order valence-corrected chi connectivity index (χ3v) is 0. The van der Waals surface area contributed by atoms with Gasteiger partial charge >= 0.3 is 33.0 Å². The first kappa shape index (κ1) is 11.8. The molecular weight excluding hydrogens is 189 g/mol. The molecule has 8 heteroatoms. The second kappa shape index (κ2) is 1.79. The van der Waals surface area contributed by atoms with Gasteiger partial charge in [-0.25, -0.2) is 0 Å². The molecule has 0 aromatic rings. The molecule has 0 aromatic heterocycles. The van der Waals surface area contributed by atoms with Crippen molar-refractivity contribution in [1.82, 2.24) is 0 Å². The summed E-state index contributed by atoms with van der Waals surface area (Å²) in [4.78, 5) is 0. The van der Waals surface area contributed by atoms with Crippen molar-refractivity contribution in [3.8, 4) is 0 Å². The molecule has 60 valence electrons. The molecule has 0 fully saturated rings. The van der Waals surface area contributed by atoms with Crippen molar-refractivity contribution in [2.75, 3.05) is 0 Å². The summed E-state index contributed by atoms with van der Waals surface area (Å²) in [6.45, 7) is 0. The van der Waals surface area contributed by atoms with Crippen molar-refractivity contribution in [2.24, 2.45) is 0 Å². The van der Waals surface area contributed by atoms with E-state index >= 15 is 0 Å². The number of halogens is 6. The van der Waals surface area contributed by atoms with Crippen LogP contribution in [0.4, 0.5) is 25.2 Å². The van der Waals surface area contributed by atoms with Gasteiger partial charge in [0.1, 0.15) is 12.2 Å². The maximum absolute atomic E-state index is 10.7. The molecule has 0 aromatic carbocycles. The second-order valence-corrected chi connectivity index (χ2v) is 2.87. The Bertz CT molecular complexity index is 82.4. The van der Waals surface area contributed by atoms with Gasteiger partial charge in [-0.3, -0.25) is 0 Å². The Kier molecular flexibility index (Phi) is 2.36. The van der Waals surface area contributed by atoms with Gasteiger partial charge in [-0.15, -0.1) is 0 Å². The fourth-order valence-corrected chi connectivity index (χ4v) is 0. The van der Waals surface area contributed by atoms with Gasteiger partial charge in [0, 0.05) is 0 Å². The third kappa shape index (κ3) is 30100. The minimum atomic E-state index is -10.7. The van der Waals surface area contributed by atoms with E-state index in [1.54, 1.807) is 0 Å².